The maximum absolute atomic E-state index is 13.1. The number of amides is 1. The minimum Gasteiger partial charge on any atom is -0.493 e. The number of aliphatic imine (C=N–C) groups is 1. The molecule has 1 atom stereocenters. The number of nitrogens with zero attached hydrogens (tertiary/aromatic N) is 2. The number of ether oxygens (including phenoxy) is 3. The molecule has 1 amide bonds. The molecule has 0 radical (unpaired) electrons. The number of allylic oxidation sites excluding steroid dienone is 1. The second kappa shape index (κ2) is 10.9. The van der Waals surface area contributed by atoms with E-state index in [9.17, 15) is 9.59 Å². The molecule has 3 rings (SSSR count). The second-order valence-corrected chi connectivity index (χ2v) is 9.32. The second-order valence-electron chi connectivity index (χ2n) is 8.26. The first kappa shape index (κ1) is 24.2. The quantitative estimate of drug-likeness (QED) is 0.392. The maximum atomic E-state index is 13.1. The fourth-order valence-corrected chi connectivity index (χ4v) is 4.60. The summed E-state index contributed by atoms with van der Waals surface area (Å²) in [7, 11) is 1.58. The molecular formula is C24H32N2O5S. The van der Waals surface area contributed by atoms with Crippen molar-refractivity contribution in [3.8, 4) is 11.5 Å². The van der Waals surface area contributed by atoms with Gasteiger partial charge in [-0.25, -0.2) is 9.79 Å². The molecule has 0 aliphatic carbocycles. The van der Waals surface area contributed by atoms with E-state index in [1.165, 1.54) is 11.8 Å². The van der Waals surface area contributed by atoms with Gasteiger partial charge in [0.2, 0.25) is 5.91 Å². The van der Waals surface area contributed by atoms with Crippen LogP contribution in [0.4, 0.5) is 0 Å². The van der Waals surface area contributed by atoms with Crippen molar-refractivity contribution < 1.29 is 23.8 Å². The standard InChI is InChI=1S/C24H32N2O5S/c1-6-7-11-30-18-9-8-17(13-19(18)29-5)22-21(23(28)31-14-15(2)3)16(4)25-24-26(22)20(27)10-12-32-24/h8-9,13,15,22H,6-7,10-12,14H2,1-5H3/t22-/m1/s1. The van der Waals surface area contributed by atoms with Crippen LogP contribution in [0.1, 0.15) is 58.6 Å². The number of methoxy groups -OCH3 is 1. The molecule has 1 aromatic carbocycles. The zero-order valence-electron chi connectivity index (χ0n) is 19.5. The number of benzene rings is 1. The molecule has 0 unspecified atom stereocenters. The van der Waals surface area contributed by atoms with Crippen LogP contribution in [0.2, 0.25) is 0 Å². The van der Waals surface area contributed by atoms with Crippen molar-refractivity contribution in [1.82, 2.24) is 4.90 Å². The summed E-state index contributed by atoms with van der Waals surface area (Å²) < 4.78 is 17.0. The Morgan fingerprint density at radius 2 is 2.09 bits per heavy atom. The predicted molar refractivity (Wildman–Crippen MR) is 126 cm³/mol. The van der Waals surface area contributed by atoms with Crippen molar-refractivity contribution >= 4 is 28.8 Å². The Kier molecular flexibility index (Phi) is 8.23. The van der Waals surface area contributed by atoms with Crippen LogP contribution in [0.25, 0.3) is 0 Å². The largest absolute Gasteiger partial charge is 0.493 e. The van der Waals surface area contributed by atoms with E-state index in [1.54, 1.807) is 18.9 Å². The molecule has 0 spiro atoms. The highest BCUT2D eigenvalue weighted by atomic mass is 32.2. The number of carbonyl (C=O) groups is 2. The smallest absolute Gasteiger partial charge is 0.338 e. The molecule has 174 valence electrons. The Morgan fingerprint density at radius 3 is 2.78 bits per heavy atom. The van der Waals surface area contributed by atoms with Crippen molar-refractivity contribution in [2.45, 2.75) is 53.0 Å². The summed E-state index contributed by atoms with van der Waals surface area (Å²) in [5, 5.41) is 0.617. The molecule has 0 aromatic heterocycles. The molecule has 2 aliphatic heterocycles. The summed E-state index contributed by atoms with van der Waals surface area (Å²) in [5.41, 5.74) is 1.70. The van der Waals surface area contributed by atoms with Crippen LogP contribution >= 0.6 is 11.8 Å². The highest BCUT2D eigenvalue weighted by molar-refractivity contribution is 8.14. The number of hydrogen-bond donors (Lipinski definition) is 0. The first-order valence-electron chi connectivity index (χ1n) is 11.1. The lowest BCUT2D eigenvalue weighted by Crippen LogP contribution is -2.45. The number of esters is 1. The average Bonchev–Trinajstić information content (AvgIpc) is 2.77. The van der Waals surface area contributed by atoms with Crippen molar-refractivity contribution in [2.24, 2.45) is 10.9 Å². The molecule has 0 saturated carbocycles. The van der Waals surface area contributed by atoms with E-state index in [0.717, 1.165) is 18.4 Å². The Bertz CT molecular complexity index is 925. The summed E-state index contributed by atoms with van der Waals surface area (Å²) in [4.78, 5) is 32.3. The van der Waals surface area contributed by atoms with Crippen LogP contribution < -0.4 is 9.47 Å². The maximum Gasteiger partial charge on any atom is 0.338 e. The highest BCUT2D eigenvalue weighted by Crippen LogP contribution is 2.42. The molecule has 1 saturated heterocycles. The molecule has 1 aromatic rings. The van der Waals surface area contributed by atoms with Crippen LogP contribution in [-0.4, -0.2) is 48.0 Å². The van der Waals surface area contributed by atoms with Crippen LogP contribution in [0.15, 0.2) is 34.5 Å². The van der Waals surface area contributed by atoms with E-state index in [0.29, 0.717) is 53.3 Å². The SMILES string of the molecule is CCCCOc1ccc([C@@H]2C(C(=O)OCC(C)C)=C(C)N=C3SCCC(=O)N32)cc1OC. The molecule has 7 nitrogen and oxygen atoms in total. The van der Waals surface area contributed by atoms with Gasteiger partial charge in [-0.1, -0.05) is 45.0 Å². The van der Waals surface area contributed by atoms with Gasteiger partial charge in [-0.2, -0.15) is 0 Å². The van der Waals surface area contributed by atoms with Crippen molar-refractivity contribution in [2.75, 3.05) is 26.1 Å². The lowest BCUT2D eigenvalue weighted by atomic mass is 9.93. The van der Waals surface area contributed by atoms with E-state index >= 15 is 0 Å². The third kappa shape index (κ3) is 5.28. The van der Waals surface area contributed by atoms with Gasteiger partial charge in [0.25, 0.3) is 0 Å². The van der Waals surface area contributed by atoms with Crippen LogP contribution in [0.3, 0.4) is 0 Å². The minimum atomic E-state index is -0.624. The first-order valence-corrected chi connectivity index (χ1v) is 12.1. The van der Waals surface area contributed by atoms with Gasteiger partial charge in [0.15, 0.2) is 16.7 Å². The van der Waals surface area contributed by atoms with Crippen molar-refractivity contribution in [3.05, 3.63) is 35.0 Å². The van der Waals surface area contributed by atoms with Crippen LogP contribution in [0.5, 0.6) is 11.5 Å². The zero-order valence-corrected chi connectivity index (χ0v) is 20.3. The number of hydrogen-bond acceptors (Lipinski definition) is 7. The zero-order chi connectivity index (χ0) is 23.3. The van der Waals surface area contributed by atoms with Gasteiger partial charge in [0.1, 0.15) is 0 Å². The normalized spacial score (nSPS) is 18.4. The van der Waals surface area contributed by atoms with Gasteiger partial charge < -0.3 is 14.2 Å². The van der Waals surface area contributed by atoms with Gasteiger partial charge in [-0.05, 0) is 37.0 Å². The summed E-state index contributed by atoms with van der Waals surface area (Å²) in [6.45, 7) is 8.76. The third-order valence-electron chi connectivity index (χ3n) is 5.23. The van der Waals surface area contributed by atoms with E-state index < -0.39 is 12.0 Å². The molecule has 0 N–H and O–H groups in total. The molecule has 32 heavy (non-hydrogen) atoms. The summed E-state index contributed by atoms with van der Waals surface area (Å²) in [5.74, 6) is 1.57. The van der Waals surface area contributed by atoms with Gasteiger partial charge in [-0.3, -0.25) is 9.69 Å². The summed E-state index contributed by atoms with van der Waals surface area (Å²) in [6, 6.07) is 4.93. The van der Waals surface area contributed by atoms with Gasteiger partial charge in [0, 0.05) is 12.2 Å². The Balaban J connectivity index is 2.03. The Hall–Kier alpha value is -2.48. The van der Waals surface area contributed by atoms with E-state index in [-0.39, 0.29) is 11.8 Å². The van der Waals surface area contributed by atoms with Crippen molar-refractivity contribution in [3.63, 3.8) is 0 Å². The number of amidine groups is 1. The molecule has 1 fully saturated rings. The van der Waals surface area contributed by atoms with Gasteiger partial charge >= 0.3 is 5.97 Å². The number of rotatable bonds is 9. The van der Waals surface area contributed by atoms with Crippen molar-refractivity contribution in [1.29, 1.82) is 0 Å². The Morgan fingerprint density at radius 1 is 1.31 bits per heavy atom. The lowest BCUT2D eigenvalue weighted by molar-refractivity contribution is -0.141. The minimum absolute atomic E-state index is 0.0589. The van der Waals surface area contributed by atoms with Crippen LogP contribution in [-0.2, 0) is 14.3 Å². The number of thioether (sulfide) groups is 1. The molecule has 2 heterocycles. The van der Waals surface area contributed by atoms with Crippen LogP contribution in [0, 0.1) is 5.92 Å². The Labute approximate surface area is 194 Å². The third-order valence-corrected chi connectivity index (χ3v) is 6.19. The molecule has 0 bridgehead atoms. The number of fused-ring (bicyclic) bond motifs is 1. The first-order chi connectivity index (χ1) is 15.4. The highest BCUT2D eigenvalue weighted by Gasteiger charge is 2.42. The van der Waals surface area contributed by atoms with E-state index in [2.05, 4.69) is 11.9 Å². The number of unbranched alkanes of at least 4 members (excludes halogenated alkanes) is 1. The summed E-state index contributed by atoms with van der Waals surface area (Å²) >= 11 is 1.52. The monoisotopic (exact) mass is 460 g/mol. The average molecular weight is 461 g/mol. The van der Waals surface area contributed by atoms with Gasteiger partial charge in [-0.15, -0.1) is 0 Å². The fraction of sp³-hybridized carbons (Fsp3) is 0.542. The fourth-order valence-electron chi connectivity index (χ4n) is 3.59. The number of carbonyl (C=O) groups excluding carboxylic acids is 2. The van der Waals surface area contributed by atoms with E-state index in [1.807, 2.05) is 32.0 Å². The molecule has 8 heteroatoms. The summed E-state index contributed by atoms with van der Waals surface area (Å²) in [6.07, 6.45) is 2.37. The predicted octanol–water partition coefficient (Wildman–Crippen LogP) is 4.72. The van der Waals surface area contributed by atoms with Gasteiger partial charge in [0.05, 0.1) is 37.6 Å². The molecular weight excluding hydrogens is 428 g/mol. The molecule has 2 aliphatic rings. The van der Waals surface area contributed by atoms with E-state index in [4.69, 9.17) is 14.2 Å². The topological polar surface area (TPSA) is 77.4 Å². The lowest BCUT2D eigenvalue weighted by Gasteiger charge is -2.39.